The van der Waals surface area contributed by atoms with Gasteiger partial charge in [-0.15, -0.1) is 0 Å². The van der Waals surface area contributed by atoms with Crippen LogP contribution in [-0.2, 0) is 13.6 Å². The van der Waals surface area contributed by atoms with E-state index in [2.05, 4.69) is 26.2 Å². The average molecular weight is 275 g/mol. The molecule has 0 bridgehead atoms. The monoisotopic (exact) mass is 274 g/mol. The molecule has 0 N–H and O–H groups in total. The zero-order valence-corrected chi connectivity index (χ0v) is 13.6. The molecule has 2 saturated heterocycles. The third-order valence-corrected chi connectivity index (χ3v) is 10.9. The Morgan fingerprint density at radius 3 is 1.53 bits per heavy atom. The molecule has 2 heterocycles. The normalized spacial score (nSPS) is 28.2. The molecule has 2 atom stereocenters. The van der Waals surface area contributed by atoms with Crippen molar-refractivity contribution >= 4 is 16.6 Å². The second kappa shape index (κ2) is 5.13. The highest BCUT2D eigenvalue weighted by molar-refractivity contribution is 6.84. The minimum absolute atomic E-state index is 0.551. The lowest BCUT2D eigenvalue weighted by atomic mass is 10.4. The predicted octanol–water partition coefficient (Wildman–Crippen LogP) is 2.99. The first-order chi connectivity index (χ1) is 7.86. The molecule has 0 spiro atoms. The van der Waals surface area contributed by atoms with Crippen molar-refractivity contribution < 1.29 is 13.6 Å². The number of hydrogen-bond donors (Lipinski definition) is 0. The van der Waals surface area contributed by atoms with Gasteiger partial charge >= 0.3 is 0 Å². The standard InChI is InChI=1S/C12H26O3Si2/c1-16(2,7-5-11-9-13-11)15-17(3,4)8-6-12-10-14-12/h11-12H,5-10H2,1-4H3. The van der Waals surface area contributed by atoms with Crippen LogP contribution in [0.3, 0.4) is 0 Å². The summed E-state index contributed by atoms with van der Waals surface area (Å²) in [6.45, 7) is 11.4. The fraction of sp³-hybridized carbons (Fsp3) is 1.00. The number of epoxide rings is 2. The highest BCUT2D eigenvalue weighted by Crippen LogP contribution is 2.28. The van der Waals surface area contributed by atoms with Gasteiger partial charge in [-0.2, -0.15) is 0 Å². The van der Waals surface area contributed by atoms with E-state index in [9.17, 15) is 0 Å². The highest BCUT2D eigenvalue weighted by atomic mass is 28.4. The lowest BCUT2D eigenvalue weighted by Crippen LogP contribution is -2.44. The first kappa shape index (κ1) is 13.7. The average Bonchev–Trinajstić information content (AvgIpc) is 3.05. The van der Waals surface area contributed by atoms with Gasteiger partial charge in [0.1, 0.15) is 0 Å². The van der Waals surface area contributed by atoms with Crippen molar-refractivity contribution in [1.29, 1.82) is 0 Å². The molecule has 3 nitrogen and oxygen atoms in total. The molecule has 0 aromatic rings. The molecule has 2 fully saturated rings. The molecule has 2 rings (SSSR count). The molecule has 5 heteroatoms. The fourth-order valence-corrected chi connectivity index (χ4v) is 11.2. The van der Waals surface area contributed by atoms with Crippen LogP contribution in [0.1, 0.15) is 12.8 Å². The van der Waals surface area contributed by atoms with Crippen LogP contribution in [0.5, 0.6) is 0 Å². The van der Waals surface area contributed by atoms with E-state index < -0.39 is 16.6 Å². The Morgan fingerprint density at radius 2 is 1.24 bits per heavy atom. The van der Waals surface area contributed by atoms with Gasteiger partial charge in [-0.05, 0) is 51.1 Å². The zero-order valence-electron chi connectivity index (χ0n) is 11.6. The van der Waals surface area contributed by atoms with Crippen molar-refractivity contribution in [3.05, 3.63) is 0 Å². The van der Waals surface area contributed by atoms with E-state index in [0.29, 0.717) is 12.2 Å². The molecule has 0 amide bonds. The van der Waals surface area contributed by atoms with Gasteiger partial charge in [0.2, 0.25) is 0 Å². The van der Waals surface area contributed by atoms with Crippen LogP contribution < -0.4 is 0 Å². The third-order valence-electron chi connectivity index (χ3n) is 3.49. The smallest absolute Gasteiger partial charge is 0.173 e. The molecule has 0 saturated carbocycles. The molecule has 2 aliphatic rings. The van der Waals surface area contributed by atoms with E-state index >= 15 is 0 Å². The summed E-state index contributed by atoms with van der Waals surface area (Å²) >= 11 is 0. The van der Waals surface area contributed by atoms with Crippen LogP contribution in [-0.4, -0.2) is 42.1 Å². The molecule has 0 radical (unpaired) electrons. The number of ether oxygens (including phenoxy) is 2. The molecular formula is C12H26O3Si2. The first-order valence-electron chi connectivity index (χ1n) is 6.80. The predicted molar refractivity (Wildman–Crippen MR) is 74.4 cm³/mol. The summed E-state index contributed by atoms with van der Waals surface area (Å²) < 4.78 is 17.1. The highest BCUT2D eigenvalue weighted by Gasteiger charge is 2.36. The molecule has 0 aromatic heterocycles. The van der Waals surface area contributed by atoms with Crippen LogP contribution in [0.15, 0.2) is 0 Å². The van der Waals surface area contributed by atoms with Crippen LogP contribution in [0.4, 0.5) is 0 Å². The van der Waals surface area contributed by atoms with Gasteiger partial charge in [0.25, 0.3) is 0 Å². The second-order valence-corrected chi connectivity index (χ2v) is 15.5. The maximum absolute atomic E-state index is 6.55. The summed E-state index contributed by atoms with van der Waals surface area (Å²) in [6.07, 6.45) is 3.51. The van der Waals surface area contributed by atoms with Crippen LogP contribution in [0.25, 0.3) is 0 Å². The van der Waals surface area contributed by atoms with E-state index in [4.69, 9.17) is 13.6 Å². The van der Waals surface area contributed by atoms with Crippen molar-refractivity contribution in [3.8, 4) is 0 Å². The molecule has 100 valence electrons. The van der Waals surface area contributed by atoms with Crippen molar-refractivity contribution in [2.24, 2.45) is 0 Å². The zero-order chi connectivity index (χ0) is 12.5. The van der Waals surface area contributed by atoms with E-state index in [1.54, 1.807) is 0 Å². The minimum Gasteiger partial charge on any atom is -0.455 e. The minimum atomic E-state index is -1.47. The Morgan fingerprint density at radius 1 is 0.882 bits per heavy atom. The first-order valence-corrected chi connectivity index (χ1v) is 13.0. The maximum Gasteiger partial charge on any atom is 0.173 e. The summed E-state index contributed by atoms with van der Waals surface area (Å²) in [5.74, 6) is 0. The van der Waals surface area contributed by atoms with Crippen molar-refractivity contribution in [2.75, 3.05) is 13.2 Å². The molecular weight excluding hydrogens is 248 g/mol. The summed E-state index contributed by atoms with van der Waals surface area (Å²) in [5.41, 5.74) is 0. The number of hydrogen-bond acceptors (Lipinski definition) is 3. The lowest BCUT2D eigenvalue weighted by molar-refractivity contribution is 0.396. The quantitative estimate of drug-likeness (QED) is 0.504. The van der Waals surface area contributed by atoms with E-state index in [-0.39, 0.29) is 0 Å². The Hall–Kier alpha value is 0.314. The van der Waals surface area contributed by atoms with Gasteiger partial charge in [0, 0.05) is 0 Å². The summed E-state index contributed by atoms with van der Waals surface area (Å²) in [5, 5.41) is 0. The fourth-order valence-electron chi connectivity index (χ4n) is 2.34. The molecule has 0 aliphatic carbocycles. The van der Waals surface area contributed by atoms with Crippen LogP contribution >= 0.6 is 0 Å². The van der Waals surface area contributed by atoms with Gasteiger partial charge in [0.15, 0.2) is 16.6 Å². The molecule has 17 heavy (non-hydrogen) atoms. The van der Waals surface area contributed by atoms with E-state index in [1.807, 2.05) is 0 Å². The van der Waals surface area contributed by atoms with E-state index in [1.165, 1.54) is 24.9 Å². The maximum atomic E-state index is 6.55. The lowest BCUT2D eigenvalue weighted by Gasteiger charge is -2.34. The third kappa shape index (κ3) is 5.65. The number of rotatable bonds is 8. The Kier molecular flexibility index (Phi) is 4.14. The molecule has 2 aliphatic heterocycles. The van der Waals surface area contributed by atoms with Gasteiger partial charge < -0.3 is 13.6 Å². The van der Waals surface area contributed by atoms with Gasteiger partial charge in [-0.3, -0.25) is 0 Å². The Bertz CT molecular complexity index is 234. The van der Waals surface area contributed by atoms with Gasteiger partial charge in [-0.25, -0.2) is 0 Å². The molecule has 2 unspecified atom stereocenters. The summed E-state index contributed by atoms with van der Waals surface area (Å²) in [7, 11) is -2.94. The van der Waals surface area contributed by atoms with Crippen molar-refractivity contribution in [1.82, 2.24) is 0 Å². The van der Waals surface area contributed by atoms with Crippen molar-refractivity contribution in [3.63, 3.8) is 0 Å². The van der Waals surface area contributed by atoms with Gasteiger partial charge in [0.05, 0.1) is 25.4 Å². The van der Waals surface area contributed by atoms with Crippen molar-refractivity contribution in [2.45, 2.75) is 63.3 Å². The van der Waals surface area contributed by atoms with Crippen LogP contribution in [0.2, 0.25) is 38.3 Å². The van der Waals surface area contributed by atoms with Gasteiger partial charge in [-0.1, -0.05) is 0 Å². The summed E-state index contributed by atoms with van der Waals surface area (Å²) in [6, 6.07) is 2.49. The van der Waals surface area contributed by atoms with Crippen LogP contribution in [0, 0.1) is 0 Å². The molecule has 0 aromatic carbocycles. The Balaban J connectivity index is 1.70. The van der Waals surface area contributed by atoms with E-state index in [0.717, 1.165) is 13.2 Å². The summed E-state index contributed by atoms with van der Waals surface area (Å²) in [4.78, 5) is 0. The largest absolute Gasteiger partial charge is 0.455 e. The second-order valence-electron chi connectivity index (χ2n) is 6.61. The Labute approximate surface area is 107 Å². The SMILES string of the molecule is C[Si](C)(CCC1CO1)O[Si](C)(C)CCC1CO1. The topological polar surface area (TPSA) is 34.3 Å².